The second-order valence-corrected chi connectivity index (χ2v) is 6.23. The summed E-state index contributed by atoms with van der Waals surface area (Å²) < 4.78 is 0. The molecule has 0 spiro atoms. The number of carbonyl (C=O) groups excluding carboxylic acids is 1. The molecule has 0 heterocycles. The maximum absolute atomic E-state index is 11.7. The number of rotatable bonds is 7. The molecule has 3 nitrogen and oxygen atoms in total. The quantitative estimate of drug-likeness (QED) is 0.733. The SMILES string of the molecule is CCCC(C)NC(=O)CNCC1(C)CCCCC1. The summed E-state index contributed by atoms with van der Waals surface area (Å²) in [4.78, 5) is 11.7. The van der Waals surface area contributed by atoms with Gasteiger partial charge in [-0.25, -0.2) is 0 Å². The molecule has 1 rings (SSSR count). The van der Waals surface area contributed by atoms with Crippen LogP contribution in [0.3, 0.4) is 0 Å². The van der Waals surface area contributed by atoms with Crippen molar-refractivity contribution in [2.45, 2.75) is 71.8 Å². The van der Waals surface area contributed by atoms with Crippen LogP contribution in [0.1, 0.15) is 65.7 Å². The monoisotopic (exact) mass is 254 g/mol. The lowest BCUT2D eigenvalue weighted by Gasteiger charge is -2.33. The van der Waals surface area contributed by atoms with Gasteiger partial charge in [-0.3, -0.25) is 4.79 Å². The summed E-state index contributed by atoms with van der Waals surface area (Å²) in [5, 5.41) is 6.36. The van der Waals surface area contributed by atoms with E-state index in [4.69, 9.17) is 0 Å². The molecule has 0 aromatic heterocycles. The van der Waals surface area contributed by atoms with Crippen molar-refractivity contribution in [3.63, 3.8) is 0 Å². The Kier molecular flexibility index (Phi) is 6.69. The Bertz CT molecular complexity index is 247. The van der Waals surface area contributed by atoms with E-state index in [1.165, 1.54) is 32.1 Å². The van der Waals surface area contributed by atoms with Crippen LogP contribution in [-0.4, -0.2) is 25.0 Å². The predicted octanol–water partition coefficient (Wildman–Crippen LogP) is 2.85. The highest BCUT2D eigenvalue weighted by Crippen LogP contribution is 2.34. The largest absolute Gasteiger partial charge is 0.353 e. The molecule has 1 fully saturated rings. The van der Waals surface area contributed by atoms with E-state index in [1.807, 2.05) is 0 Å². The van der Waals surface area contributed by atoms with Crippen LogP contribution in [0, 0.1) is 5.41 Å². The Labute approximate surface area is 112 Å². The number of nitrogens with one attached hydrogen (secondary N) is 2. The topological polar surface area (TPSA) is 41.1 Å². The molecular formula is C15H30N2O. The molecule has 1 unspecified atom stereocenters. The van der Waals surface area contributed by atoms with Crippen LogP contribution in [0.4, 0.5) is 0 Å². The fraction of sp³-hybridized carbons (Fsp3) is 0.933. The van der Waals surface area contributed by atoms with Crippen LogP contribution in [0.2, 0.25) is 0 Å². The van der Waals surface area contributed by atoms with E-state index >= 15 is 0 Å². The molecule has 106 valence electrons. The molecule has 0 bridgehead atoms. The molecule has 1 aliphatic rings. The van der Waals surface area contributed by atoms with Gasteiger partial charge >= 0.3 is 0 Å². The number of hydrogen-bond donors (Lipinski definition) is 2. The third-order valence-electron chi connectivity index (χ3n) is 4.03. The molecule has 18 heavy (non-hydrogen) atoms. The Morgan fingerprint density at radius 3 is 2.56 bits per heavy atom. The Morgan fingerprint density at radius 2 is 1.94 bits per heavy atom. The van der Waals surface area contributed by atoms with Gasteiger partial charge in [0, 0.05) is 12.6 Å². The van der Waals surface area contributed by atoms with Gasteiger partial charge < -0.3 is 10.6 Å². The summed E-state index contributed by atoms with van der Waals surface area (Å²) in [6.45, 7) is 8.00. The average molecular weight is 254 g/mol. The van der Waals surface area contributed by atoms with E-state index < -0.39 is 0 Å². The van der Waals surface area contributed by atoms with Crippen molar-refractivity contribution in [1.82, 2.24) is 10.6 Å². The molecule has 2 N–H and O–H groups in total. The summed E-state index contributed by atoms with van der Waals surface area (Å²) in [7, 11) is 0. The highest BCUT2D eigenvalue weighted by molar-refractivity contribution is 5.78. The van der Waals surface area contributed by atoms with Gasteiger partial charge in [0.25, 0.3) is 0 Å². The predicted molar refractivity (Wildman–Crippen MR) is 76.6 cm³/mol. The minimum Gasteiger partial charge on any atom is -0.353 e. The lowest BCUT2D eigenvalue weighted by Crippen LogP contribution is -2.42. The van der Waals surface area contributed by atoms with Gasteiger partial charge in [-0.15, -0.1) is 0 Å². The maximum Gasteiger partial charge on any atom is 0.234 e. The first-order chi connectivity index (χ1) is 8.56. The molecule has 1 amide bonds. The number of amides is 1. The van der Waals surface area contributed by atoms with Crippen molar-refractivity contribution in [3.8, 4) is 0 Å². The average Bonchev–Trinajstić information content (AvgIpc) is 2.29. The zero-order chi connectivity index (χ0) is 13.4. The van der Waals surface area contributed by atoms with Crippen LogP contribution < -0.4 is 10.6 Å². The van der Waals surface area contributed by atoms with Gasteiger partial charge in [0.1, 0.15) is 0 Å². The molecule has 1 aliphatic carbocycles. The number of hydrogen-bond acceptors (Lipinski definition) is 2. The summed E-state index contributed by atoms with van der Waals surface area (Å²) >= 11 is 0. The van der Waals surface area contributed by atoms with Crippen molar-refractivity contribution in [1.29, 1.82) is 0 Å². The lowest BCUT2D eigenvalue weighted by molar-refractivity contribution is -0.120. The van der Waals surface area contributed by atoms with Crippen molar-refractivity contribution in [3.05, 3.63) is 0 Å². The second-order valence-electron chi connectivity index (χ2n) is 6.23. The van der Waals surface area contributed by atoms with Crippen molar-refractivity contribution in [2.24, 2.45) is 5.41 Å². The fourth-order valence-corrected chi connectivity index (χ4v) is 2.89. The minimum absolute atomic E-state index is 0.135. The Balaban J connectivity index is 2.14. The van der Waals surface area contributed by atoms with Crippen molar-refractivity contribution in [2.75, 3.05) is 13.1 Å². The summed E-state index contributed by atoms with van der Waals surface area (Å²) in [6, 6.07) is 0.301. The highest BCUT2D eigenvalue weighted by atomic mass is 16.1. The van der Waals surface area contributed by atoms with Crippen molar-refractivity contribution < 1.29 is 4.79 Å². The first-order valence-electron chi connectivity index (χ1n) is 7.56. The molecule has 0 aliphatic heterocycles. The maximum atomic E-state index is 11.7. The van der Waals surface area contributed by atoms with E-state index in [0.717, 1.165) is 19.4 Å². The minimum atomic E-state index is 0.135. The standard InChI is InChI=1S/C15H30N2O/c1-4-8-13(2)17-14(18)11-16-12-15(3)9-6-5-7-10-15/h13,16H,4-12H2,1-3H3,(H,17,18). The third kappa shape index (κ3) is 5.85. The lowest BCUT2D eigenvalue weighted by atomic mass is 9.76. The number of carbonyl (C=O) groups is 1. The smallest absolute Gasteiger partial charge is 0.234 e. The van der Waals surface area contributed by atoms with Crippen LogP contribution in [-0.2, 0) is 4.79 Å². The van der Waals surface area contributed by atoms with Crippen LogP contribution in [0.5, 0.6) is 0 Å². The zero-order valence-electron chi connectivity index (χ0n) is 12.3. The molecule has 1 atom stereocenters. The zero-order valence-corrected chi connectivity index (χ0v) is 12.3. The fourth-order valence-electron chi connectivity index (χ4n) is 2.89. The molecule has 0 aromatic rings. The molecule has 0 aromatic carbocycles. The second kappa shape index (κ2) is 7.78. The van der Waals surface area contributed by atoms with Crippen LogP contribution in [0.25, 0.3) is 0 Å². The molecule has 0 radical (unpaired) electrons. The van der Waals surface area contributed by atoms with Gasteiger partial charge in [0.15, 0.2) is 0 Å². The van der Waals surface area contributed by atoms with Gasteiger partial charge in [-0.1, -0.05) is 39.5 Å². The molecule has 3 heteroatoms. The Morgan fingerprint density at radius 1 is 1.28 bits per heavy atom. The molecular weight excluding hydrogens is 224 g/mol. The van der Waals surface area contributed by atoms with Gasteiger partial charge in [-0.2, -0.15) is 0 Å². The van der Waals surface area contributed by atoms with Crippen molar-refractivity contribution >= 4 is 5.91 Å². The van der Waals surface area contributed by atoms with Crippen LogP contribution in [0.15, 0.2) is 0 Å². The molecule has 0 saturated heterocycles. The molecule has 1 saturated carbocycles. The van der Waals surface area contributed by atoms with Gasteiger partial charge in [0.2, 0.25) is 5.91 Å². The highest BCUT2D eigenvalue weighted by Gasteiger charge is 2.26. The summed E-state index contributed by atoms with van der Waals surface area (Å²) in [6.07, 6.45) is 8.85. The van der Waals surface area contributed by atoms with E-state index in [0.29, 0.717) is 18.0 Å². The first-order valence-corrected chi connectivity index (χ1v) is 7.56. The van der Waals surface area contributed by atoms with E-state index in [-0.39, 0.29) is 5.91 Å². The van der Waals surface area contributed by atoms with Gasteiger partial charge in [0.05, 0.1) is 6.54 Å². The third-order valence-corrected chi connectivity index (χ3v) is 4.03. The van der Waals surface area contributed by atoms with E-state index in [9.17, 15) is 4.79 Å². The normalized spacial score (nSPS) is 20.4. The summed E-state index contributed by atoms with van der Waals surface area (Å²) in [5.41, 5.74) is 0.410. The van der Waals surface area contributed by atoms with E-state index in [2.05, 4.69) is 31.4 Å². The first kappa shape index (κ1) is 15.5. The van der Waals surface area contributed by atoms with E-state index in [1.54, 1.807) is 0 Å². The van der Waals surface area contributed by atoms with Crippen LogP contribution >= 0.6 is 0 Å². The van der Waals surface area contributed by atoms with Gasteiger partial charge in [-0.05, 0) is 31.6 Å². The Hall–Kier alpha value is -0.570. The summed E-state index contributed by atoms with van der Waals surface area (Å²) in [5.74, 6) is 0.135.